The van der Waals surface area contributed by atoms with Gasteiger partial charge < -0.3 is 15.7 Å². The van der Waals surface area contributed by atoms with Crippen LogP contribution in [-0.2, 0) is 0 Å². The molecule has 0 fully saturated rings. The molecule has 30 heavy (non-hydrogen) atoms. The molecule has 0 unspecified atom stereocenters. The van der Waals surface area contributed by atoms with Gasteiger partial charge >= 0.3 is 0 Å². The van der Waals surface area contributed by atoms with Gasteiger partial charge in [0.1, 0.15) is 11.6 Å². The van der Waals surface area contributed by atoms with Crippen LogP contribution in [0.2, 0.25) is 10.0 Å². The van der Waals surface area contributed by atoms with Gasteiger partial charge in [0.05, 0.1) is 16.3 Å². The van der Waals surface area contributed by atoms with Crippen LogP contribution < -0.4 is 5.73 Å². The average Bonchev–Trinajstić information content (AvgIpc) is 2.70. The molecule has 0 bridgehead atoms. The number of primary amides is 1. The van der Waals surface area contributed by atoms with Gasteiger partial charge in [0.15, 0.2) is 0 Å². The fraction of sp³-hybridized carbons (Fsp3) is 0.0909. The Morgan fingerprint density at radius 2 is 1.87 bits per heavy atom. The lowest BCUT2D eigenvalue weighted by molar-refractivity contribution is 0.0827. The van der Waals surface area contributed by atoms with E-state index in [-0.39, 0.29) is 27.6 Å². The minimum absolute atomic E-state index is 0.0627. The molecule has 2 amide bonds. The van der Waals surface area contributed by atoms with Crippen molar-refractivity contribution in [2.24, 2.45) is 5.73 Å². The summed E-state index contributed by atoms with van der Waals surface area (Å²) in [6.45, 7) is 5.39. The third-order valence-corrected chi connectivity index (χ3v) is 4.99. The van der Waals surface area contributed by atoms with Gasteiger partial charge in [0.2, 0.25) is 5.91 Å². The van der Waals surface area contributed by atoms with Crippen molar-refractivity contribution >= 4 is 40.6 Å². The zero-order chi connectivity index (χ0) is 22.6. The Hall–Kier alpha value is -3.09. The summed E-state index contributed by atoms with van der Waals surface area (Å²) in [5.41, 5.74) is 6.01. The number of likely N-dealkylation sites (N-methyl/N-ethyl adjacent to an activating group) is 1. The summed E-state index contributed by atoms with van der Waals surface area (Å²) in [5, 5.41) is 10.8. The normalized spacial score (nSPS) is 11.9. The van der Waals surface area contributed by atoms with E-state index < -0.39 is 17.6 Å². The first-order valence-electron chi connectivity index (χ1n) is 8.66. The van der Waals surface area contributed by atoms with Gasteiger partial charge in [-0.15, -0.1) is 0 Å². The van der Waals surface area contributed by atoms with Crippen molar-refractivity contribution in [2.75, 3.05) is 7.05 Å². The molecule has 0 radical (unpaired) electrons. The first kappa shape index (κ1) is 23.2. The molecular formula is C22H19Cl2FN2O3. The zero-order valence-corrected chi connectivity index (χ0v) is 17.8. The Bertz CT molecular complexity index is 1070. The van der Waals surface area contributed by atoms with E-state index in [2.05, 4.69) is 6.58 Å². The molecule has 3 N–H and O–H groups in total. The number of carbonyl (C=O) groups is 2. The number of amides is 2. The van der Waals surface area contributed by atoms with E-state index >= 15 is 0 Å². The summed E-state index contributed by atoms with van der Waals surface area (Å²) in [5.74, 6) is -2.57. The number of nitrogens with zero attached hydrogens (tertiary/aromatic N) is 1. The molecule has 0 atom stereocenters. The quantitative estimate of drug-likeness (QED) is 0.460. The highest BCUT2D eigenvalue weighted by molar-refractivity contribution is 6.34. The lowest BCUT2D eigenvalue weighted by Crippen LogP contribution is -2.27. The SMILES string of the molecule is C=C(/C(O)=C\C(=C/C)c1cc(C(N)=O)ccc1Cl)N(C)C(=O)c1c(F)cccc1Cl. The number of aliphatic hydroxyl groups excluding tert-OH is 1. The van der Waals surface area contributed by atoms with Gasteiger partial charge in [-0.2, -0.15) is 0 Å². The molecular weight excluding hydrogens is 430 g/mol. The molecule has 0 saturated heterocycles. The molecule has 0 heterocycles. The number of benzene rings is 2. The summed E-state index contributed by atoms with van der Waals surface area (Å²) < 4.78 is 14.1. The predicted molar refractivity (Wildman–Crippen MR) is 117 cm³/mol. The van der Waals surface area contributed by atoms with E-state index in [9.17, 15) is 19.1 Å². The Labute approximate surface area is 183 Å². The number of hydrogen-bond acceptors (Lipinski definition) is 3. The second-order valence-electron chi connectivity index (χ2n) is 6.24. The second kappa shape index (κ2) is 9.61. The molecule has 156 valence electrons. The Kier molecular flexibility index (Phi) is 7.43. The molecule has 0 aliphatic rings. The maximum absolute atomic E-state index is 14.1. The number of hydrogen-bond donors (Lipinski definition) is 2. The van der Waals surface area contributed by atoms with Crippen LogP contribution in [0.5, 0.6) is 0 Å². The van der Waals surface area contributed by atoms with Crippen LogP contribution in [0.15, 0.2) is 66.6 Å². The molecule has 0 aromatic heterocycles. The summed E-state index contributed by atoms with van der Waals surface area (Å²) in [6, 6.07) is 8.35. The number of rotatable bonds is 6. The van der Waals surface area contributed by atoms with Crippen LogP contribution in [0.25, 0.3) is 5.57 Å². The van der Waals surface area contributed by atoms with Crippen LogP contribution >= 0.6 is 23.2 Å². The molecule has 2 aromatic rings. The van der Waals surface area contributed by atoms with Crippen LogP contribution in [0, 0.1) is 5.82 Å². The highest BCUT2D eigenvalue weighted by atomic mass is 35.5. The lowest BCUT2D eigenvalue weighted by atomic mass is 10.0. The van der Waals surface area contributed by atoms with Gasteiger partial charge in [0.25, 0.3) is 5.91 Å². The smallest absolute Gasteiger partial charge is 0.262 e. The first-order valence-corrected chi connectivity index (χ1v) is 9.42. The van der Waals surface area contributed by atoms with Crippen molar-refractivity contribution in [3.05, 3.63) is 99.1 Å². The van der Waals surface area contributed by atoms with Crippen molar-refractivity contribution in [3.8, 4) is 0 Å². The first-order chi connectivity index (χ1) is 14.1. The molecule has 0 saturated carbocycles. The van der Waals surface area contributed by atoms with Crippen LogP contribution in [-0.4, -0.2) is 28.9 Å². The highest BCUT2D eigenvalue weighted by Crippen LogP contribution is 2.29. The number of nitrogens with two attached hydrogens (primary N) is 1. The second-order valence-corrected chi connectivity index (χ2v) is 7.05. The maximum atomic E-state index is 14.1. The van der Waals surface area contributed by atoms with Gasteiger partial charge in [-0.25, -0.2) is 4.39 Å². The highest BCUT2D eigenvalue weighted by Gasteiger charge is 2.23. The van der Waals surface area contributed by atoms with E-state index in [4.69, 9.17) is 28.9 Å². The Morgan fingerprint density at radius 3 is 2.43 bits per heavy atom. The summed E-state index contributed by atoms with van der Waals surface area (Å²) >= 11 is 12.2. The number of halogens is 3. The Morgan fingerprint density at radius 1 is 1.20 bits per heavy atom. The number of carbonyl (C=O) groups excluding carboxylic acids is 2. The predicted octanol–water partition coefficient (Wildman–Crippen LogP) is 5.36. The third-order valence-electron chi connectivity index (χ3n) is 4.35. The van der Waals surface area contributed by atoms with E-state index in [1.807, 2.05) is 0 Å². The molecule has 0 aliphatic heterocycles. The van der Waals surface area contributed by atoms with Crippen LogP contribution in [0.3, 0.4) is 0 Å². The molecule has 8 heteroatoms. The summed E-state index contributed by atoms with van der Waals surface area (Å²) in [7, 11) is 1.33. The average molecular weight is 449 g/mol. The minimum atomic E-state index is -0.792. The van der Waals surface area contributed by atoms with Crippen LogP contribution in [0.1, 0.15) is 33.2 Å². The molecule has 0 spiro atoms. The van der Waals surface area contributed by atoms with Gasteiger partial charge in [-0.05, 0) is 48.9 Å². The zero-order valence-electron chi connectivity index (χ0n) is 16.2. The minimum Gasteiger partial charge on any atom is -0.506 e. The van der Waals surface area contributed by atoms with Gasteiger partial charge in [-0.1, -0.05) is 41.9 Å². The summed E-state index contributed by atoms with van der Waals surface area (Å²) in [4.78, 5) is 25.1. The van der Waals surface area contributed by atoms with Crippen molar-refractivity contribution in [1.29, 1.82) is 0 Å². The third kappa shape index (κ3) is 4.90. The van der Waals surface area contributed by atoms with Gasteiger partial charge in [0, 0.05) is 23.2 Å². The monoisotopic (exact) mass is 448 g/mol. The van der Waals surface area contributed by atoms with E-state index in [1.165, 1.54) is 43.5 Å². The largest absolute Gasteiger partial charge is 0.506 e. The van der Waals surface area contributed by atoms with E-state index in [0.29, 0.717) is 16.2 Å². The molecule has 0 aliphatic carbocycles. The maximum Gasteiger partial charge on any atom is 0.262 e. The topological polar surface area (TPSA) is 83.6 Å². The van der Waals surface area contributed by atoms with Crippen molar-refractivity contribution in [2.45, 2.75) is 6.92 Å². The van der Waals surface area contributed by atoms with Crippen molar-refractivity contribution in [3.63, 3.8) is 0 Å². The van der Waals surface area contributed by atoms with Crippen LogP contribution in [0.4, 0.5) is 4.39 Å². The van der Waals surface area contributed by atoms with E-state index in [1.54, 1.807) is 13.0 Å². The van der Waals surface area contributed by atoms with Crippen molar-refractivity contribution < 1.29 is 19.1 Å². The Balaban J connectivity index is 2.37. The fourth-order valence-corrected chi connectivity index (χ4v) is 3.08. The number of aliphatic hydroxyl groups is 1. The van der Waals surface area contributed by atoms with E-state index in [0.717, 1.165) is 11.0 Å². The van der Waals surface area contributed by atoms with Gasteiger partial charge in [-0.3, -0.25) is 9.59 Å². The molecule has 2 rings (SSSR count). The number of allylic oxidation sites excluding steroid dienone is 3. The van der Waals surface area contributed by atoms with Crippen molar-refractivity contribution in [1.82, 2.24) is 4.90 Å². The lowest BCUT2D eigenvalue weighted by Gasteiger charge is -2.20. The molecule has 2 aromatic carbocycles. The summed E-state index contributed by atoms with van der Waals surface area (Å²) in [6.07, 6.45) is 2.96. The molecule has 5 nitrogen and oxygen atoms in total. The standard InChI is InChI=1S/C22H19Cl2FN2O3/c1-4-13(15-10-14(21(26)29)8-9-16(15)23)11-19(28)12(2)27(3)22(30)20-17(24)6-5-7-18(20)25/h4-11,28H,2H2,1,3H3,(H2,26,29)/b13-4+,19-11+. The fourth-order valence-electron chi connectivity index (χ4n) is 2.61.